The fourth-order valence-corrected chi connectivity index (χ4v) is 4.26. The highest BCUT2D eigenvalue weighted by molar-refractivity contribution is 7.90. The number of rotatable bonds is 9. The molecule has 0 fully saturated rings. The van der Waals surface area contributed by atoms with Crippen LogP contribution in [0, 0.1) is 0 Å². The third kappa shape index (κ3) is 6.12. The summed E-state index contributed by atoms with van der Waals surface area (Å²) in [7, 11) is -3.66. The summed E-state index contributed by atoms with van der Waals surface area (Å²) in [6.45, 7) is 6.10. The molecule has 0 spiro atoms. The molecule has 1 heterocycles. The second-order valence-electron chi connectivity index (χ2n) is 7.31. The van der Waals surface area contributed by atoms with Crippen LogP contribution in [-0.2, 0) is 10.0 Å². The maximum absolute atomic E-state index is 12.5. The second kappa shape index (κ2) is 10.2. The Labute approximate surface area is 183 Å². The van der Waals surface area contributed by atoms with Crippen LogP contribution >= 0.6 is 0 Å². The van der Waals surface area contributed by atoms with E-state index in [0.29, 0.717) is 17.7 Å². The van der Waals surface area contributed by atoms with Crippen molar-refractivity contribution < 1.29 is 13.2 Å². The van der Waals surface area contributed by atoms with Crippen LogP contribution in [-0.4, -0.2) is 25.1 Å². The standard InChI is InChI=1S/C25H26N2O3S/c1-3-4-8-17-31(29,30)27-25(28)23-15-16-26-24(18-23)19(2)20-11-13-22(14-12-20)21-9-6-5-7-10-21/h5-7,9-16,18H,2-4,8,17H2,1H3,(H,27,28). The molecule has 0 aliphatic carbocycles. The quantitative estimate of drug-likeness (QED) is 0.478. The Morgan fingerprint density at radius 1 is 0.935 bits per heavy atom. The highest BCUT2D eigenvalue weighted by Crippen LogP contribution is 2.25. The van der Waals surface area contributed by atoms with Crippen LogP contribution in [0.2, 0.25) is 0 Å². The molecular formula is C25H26N2O3S. The van der Waals surface area contributed by atoms with Gasteiger partial charge < -0.3 is 0 Å². The van der Waals surface area contributed by atoms with Crippen molar-refractivity contribution in [2.75, 3.05) is 5.75 Å². The lowest BCUT2D eigenvalue weighted by atomic mass is 9.99. The van der Waals surface area contributed by atoms with Crippen LogP contribution in [0.5, 0.6) is 0 Å². The Balaban J connectivity index is 1.73. The van der Waals surface area contributed by atoms with Gasteiger partial charge in [0.2, 0.25) is 10.0 Å². The Kier molecular flexibility index (Phi) is 7.36. The van der Waals surface area contributed by atoms with Crippen molar-refractivity contribution in [3.8, 4) is 11.1 Å². The zero-order valence-corrected chi connectivity index (χ0v) is 18.4. The minimum atomic E-state index is -3.66. The van der Waals surface area contributed by atoms with Crippen molar-refractivity contribution in [1.29, 1.82) is 0 Å². The number of nitrogens with zero attached hydrogens (tertiary/aromatic N) is 1. The summed E-state index contributed by atoms with van der Waals surface area (Å²) in [5, 5.41) is 0. The number of benzene rings is 2. The van der Waals surface area contributed by atoms with Crippen molar-refractivity contribution in [3.05, 3.63) is 96.3 Å². The third-order valence-electron chi connectivity index (χ3n) is 4.94. The number of hydrogen-bond donors (Lipinski definition) is 1. The predicted molar refractivity (Wildman–Crippen MR) is 125 cm³/mol. The summed E-state index contributed by atoms with van der Waals surface area (Å²) in [6, 6.07) is 21.0. The van der Waals surface area contributed by atoms with E-state index in [1.807, 2.05) is 61.5 Å². The molecule has 160 valence electrons. The van der Waals surface area contributed by atoms with Gasteiger partial charge in [0.25, 0.3) is 5.91 Å². The lowest BCUT2D eigenvalue weighted by Gasteiger charge is -2.10. The van der Waals surface area contributed by atoms with Gasteiger partial charge in [-0.25, -0.2) is 13.1 Å². The summed E-state index contributed by atoms with van der Waals surface area (Å²) >= 11 is 0. The van der Waals surface area contributed by atoms with Gasteiger partial charge in [-0.15, -0.1) is 0 Å². The Morgan fingerprint density at radius 2 is 1.61 bits per heavy atom. The molecule has 0 bridgehead atoms. The van der Waals surface area contributed by atoms with Crippen molar-refractivity contribution in [1.82, 2.24) is 9.71 Å². The van der Waals surface area contributed by atoms with E-state index in [1.165, 1.54) is 12.3 Å². The van der Waals surface area contributed by atoms with Crippen LogP contribution in [0.4, 0.5) is 0 Å². The van der Waals surface area contributed by atoms with Gasteiger partial charge in [0.1, 0.15) is 0 Å². The van der Waals surface area contributed by atoms with Gasteiger partial charge in [-0.1, -0.05) is 80.9 Å². The maximum Gasteiger partial charge on any atom is 0.264 e. The van der Waals surface area contributed by atoms with E-state index in [2.05, 4.69) is 16.3 Å². The van der Waals surface area contributed by atoms with Crippen LogP contribution in [0.1, 0.15) is 47.8 Å². The van der Waals surface area contributed by atoms with Gasteiger partial charge in [0, 0.05) is 17.3 Å². The molecule has 0 saturated heterocycles. The topological polar surface area (TPSA) is 76.1 Å². The molecule has 3 rings (SSSR count). The van der Waals surface area contributed by atoms with E-state index in [9.17, 15) is 13.2 Å². The fraction of sp³-hybridized carbons (Fsp3) is 0.200. The van der Waals surface area contributed by atoms with Gasteiger partial charge in [0.05, 0.1) is 11.4 Å². The molecule has 0 aliphatic heterocycles. The molecule has 31 heavy (non-hydrogen) atoms. The van der Waals surface area contributed by atoms with Crippen LogP contribution in [0.15, 0.2) is 79.5 Å². The first-order valence-corrected chi connectivity index (χ1v) is 11.9. The Hall–Kier alpha value is -3.25. The molecule has 1 N–H and O–H groups in total. The predicted octanol–water partition coefficient (Wildman–Crippen LogP) is 5.06. The van der Waals surface area contributed by atoms with Crippen LogP contribution < -0.4 is 4.72 Å². The normalized spacial score (nSPS) is 11.1. The molecule has 2 aromatic carbocycles. The molecule has 0 saturated carbocycles. The molecule has 3 aromatic rings. The molecule has 0 atom stereocenters. The van der Waals surface area contributed by atoms with E-state index >= 15 is 0 Å². The van der Waals surface area contributed by atoms with Crippen LogP contribution in [0.25, 0.3) is 16.7 Å². The van der Waals surface area contributed by atoms with Gasteiger partial charge in [-0.3, -0.25) is 9.78 Å². The van der Waals surface area contributed by atoms with Gasteiger partial charge in [-0.05, 0) is 35.2 Å². The summed E-state index contributed by atoms with van der Waals surface area (Å²) in [5.41, 5.74) is 4.48. The first-order chi connectivity index (χ1) is 14.9. The highest BCUT2D eigenvalue weighted by atomic mass is 32.2. The molecule has 6 heteroatoms. The van der Waals surface area contributed by atoms with Gasteiger partial charge in [-0.2, -0.15) is 0 Å². The minimum Gasteiger partial charge on any atom is -0.268 e. The second-order valence-corrected chi connectivity index (χ2v) is 9.15. The number of sulfonamides is 1. The molecule has 0 unspecified atom stereocenters. The van der Waals surface area contributed by atoms with E-state index in [-0.39, 0.29) is 11.3 Å². The summed E-state index contributed by atoms with van der Waals surface area (Å²) in [6.07, 6.45) is 3.72. The van der Waals surface area contributed by atoms with E-state index in [4.69, 9.17) is 0 Å². The smallest absolute Gasteiger partial charge is 0.264 e. The number of amides is 1. The number of unbranched alkanes of at least 4 members (excludes halogenated alkanes) is 2. The largest absolute Gasteiger partial charge is 0.268 e. The van der Waals surface area contributed by atoms with Crippen molar-refractivity contribution in [3.63, 3.8) is 0 Å². The first kappa shape index (κ1) is 22.4. The number of carbonyl (C=O) groups is 1. The summed E-state index contributed by atoms with van der Waals surface area (Å²) in [4.78, 5) is 16.8. The third-order valence-corrected chi connectivity index (χ3v) is 6.26. The fourth-order valence-electron chi connectivity index (χ4n) is 3.17. The van der Waals surface area contributed by atoms with Crippen molar-refractivity contribution >= 4 is 21.5 Å². The SMILES string of the molecule is C=C(c1ccc(-c2ccccc2)cc1)c1cc(C(=O)NS(=O)(=O)CCCCC)ccn1. The molecular weight excluding hydrogens is 408 g/mol. The number of nitrogens with one attached hydrogen (secondary N) is 1. The first-order valence-electron chi connectivity index (χ1n) is 10.3. The average molecular weight is 435 g/mol. The molecule has 0 radical (unpaired) electrons. The lowest BCUT2D eigenvalue weighted by molar-refractivity contribution is 0.0981. The molecule has 1 aromatic heterocycles. The number of carbonyl (C=O) groups excluding carboxylic acids is 1. The monoisotopic (exact) mass is 434 g/mol. The van der Waals surface area contributed by atoms with Crippen LogP contribution in [0.3, 0.4) is 0 Å². The van der Waals surface area contributed by atoms with E-state index in [1.54, 1.807) is 6.07 Å². The van der Waals surface area contributed by atoms with Gasteiger partial charge in [0.15, 0.2) is 0 Å². The van der Waals surface area contributed by atoms with Gasteiger partial charge >= 0.3 is 0 Å². The van der Waals surface area contributed by atoms with E-state index < -0.39 is 15.9 Å². The maximum atomic E-state index is 12.5. The number of hydrogen-bond acceptors (Lipinski definition) is 4. The Morgan fingerprint density at radius 3 is 2.29 bits per heavy atom. The number of aromatic nitrogens is 1. The summed E-state index contributed by atoms with van der Waals surface area (Å²) in [5.74, 6) is -0.724. The molecule has 0 aliphatic rings. The molecule has 1 amide bonds. The van der Waals surface area contributed by atoms with E-state index in [0.717, 1.165) is 29.5 Å². The zero-order chi connectivity index (χ0) is 22.3. The highest BCUT2D eigenvalue weighted by Gasteiger charge is 2.17. The number of pyridine rings is 1. The molecule has 5 nitrogen and oxygen atoms in total. The van der Waals surface area contributed by atoms with Crippen molar-refractivity contribution in [2.45, 2.75) is 26.2 Å². The minimum absolute atomic E-state index is 0.0645. The van der Waals surface area contributed by atoms with Crippen molar-refractivity contribution in [2.24, 2.45) is 0 Å². The lowest BCUT2D eigenvalue weighted by Crippen LogP contribution is -2.32. The summed E-state index contributed by atoms with van der Waals surface area (Å²) < 4.78 is 26.4. The average Bonchev–Trinajstić information content (AvgIpc) is 2.79. The Bertz CT molecular complexity index is 1150. The zero-order valence-electron chi connectivity index (χ0n) is 17.5.